The Labute approximate surface area is 292 Å². The van der Waals surface area contributed by atoms with Crippen LogP contribution in [0.3, 0.4) is 0 Å². The molecule has 2 heterocycles. The molecule has 1 aliphatic heterocycles. The fraction of sp³-hybridized carbons (Fsp3) is 0.605. The third kappa shape index (κ3) is 14.8. The van der Waals surface area contributed by atoms with Crippen LogP contribution in [0.4, 0.5) is 0 Å². The van der Waals surface area contributed by atoms with Gasteiger partial charge in [0, 0.05) is 52.1 Å². The number of likely N-dealkylation sites (N-methyl/N-ethyl adjacent to an activating group) is 1. The topological polar surface area (TPSA) is 119 Å². The van der Waals surface area contributed by atoms with Crippen molar-refractivity contribution in [1.29, 1.82) is 0 Å². The lowest BCUT2D eigenvalue weighted by atomic mass is 10.1. The lowest BCUT2D eigenvalue weighted by Gasteiger charge is -2.36. The Morgan fingerprint density at radius 3 is 1.67 bits per heavy atom. The highest BCUT2D eigenvalue weighted by atomic mass is 16.6. The molecule has 0 saturated heterocycles. The second-order valence-corrected chi connectivity index (χ2v) is 14.9. The zero-order chi connectivity index (χ0) is 36.2. The summed E-state index contributed by atoms with van der Waals surface area (Å²) in [7, 11) is 2.00. The number of ketones is 1. The summed E-state index contributed by atoms with van der Waals surface area (Å²) < 4.78 is 17.2. The molecule has 1 aromatic heterocycles. The largest absolute Gasteiger partial charge is 0.461 e. The number of fused-ring (bicyclic) bond motifs is 2. The summed E-state index contributed by atoms with van der Waals surface area (Å²) in [5, 5.41) is 0. The first-order valence-electron chi connectivity index (χ1n) is 17.3. The van der Waals surface area contributed by atoms with E-state index in [4.69, 9.17) is 19.2 Å². The maximum Gasteiger partial charge on any atom is 0.323 e. The van der Waals surface area contributed by atoms with Crippen LogP contribution in [0.5, 0.6) is 0 Å². The summed E-state index contributed by atoms with van der Waals surface area (Å²) in [4.78, 5) is 63.2. The van der Waals surface area contributed by atoms with Crippen molar-refractivity contribution in [3.05, 3.63) is 65.5 Å². The molecule has 49 heavy (non-hydrogen) atoms. The standard InChI is InChI=1S/C38H56N4O7/c1-28(43)17-18-32(35(45)48-37(2,3)4)41-23-21-40(8)22-24-42(26-31-16-12-15-30(25-41)39-31)33(36(46)49-38(5,6)7)19-20-34(44)47-27-29-13-10-9-11-14-29/h9-16,32-33H,17-27H2,1-8H3/t32-,33-/m1/s1. The van der Waals surface area contributed by atoms with Crippen LogP contribution < -0.4 is 0 Å². The van der Waals surface area contributed by atoms with Gasteiger partial charge in [-0.2, -0.15) is 0 Å². The lowest BCUT2D eigenvalue weighted by molar-refractivity contribution is -0.163. The summed E-state index contributed by atoms with van der Waals surface area (Å²) in [6.45, 7) is 15.7. The van der Waals surface area contributed by atoms with Crippen LogP contribution in [0.15, 0.2) is 48.5 Å². The van der Waals surface area contributed by atoms with Gasteiger partial charge in [-0.3, -0.25) is 29.2 Å². The molecule has 0 amide bonds. The molecule has 11 nitrogen and oxygen atoms in total. The van der Waals surface area contributed by atoms with Crippen LogP contribution in [0.2, 0.25) is 0 Å². The molecule has 270 valence electrons. The Morgan fingerprint density at radius 1 is 0.714 bits per heavy atom. The molecule has 2 bridgehead atoms. The number of Topliss-reactive ketones (excluding diaryl/α,β-unsaturated/α-hetero) is 1. The van der Waals surface area contributed by atoms with Crippen LogP contribution in [0.25, 0.3) is 0 Å². The molecule has 0 saturated carbocycles. The quantitative estimate of drug-likeness (QED) is 0.224. The first-order chi connectivity index (χ1) is 23.0. The van der Waals surface area contributed by atoms with Gasteiger partial charge in [0.15, 0.2) is 0 Å². The predicted octanol–water partition coefficient (Wildman–Crippen LogP) is 4.94. The Morgan fingerprint density at radius 2 is 1.20 bits per heavy atom. The van der Waals surface area contributed by atoms with Crippen LogP contribution in [-0.4, -0.2) is 99.9 Å². The van der Waals surface area contributed by atoms with Gasteiger partial charge in [-0.25, -0.2) is 0 Å². The van der Waals surface area contributed by atoms with Crippen LogP contribution >= 0.6 is 0 Å². The highest BCUT2D eigenvalue weighted by Gasteiger charge is 2.34. The summed E-state index contributed by atoms with van der Waals surface area (Å²) in [5.41, 5.74) is 1.03. The zero-order valence-corrected chi connectivity index (χ0v) is 30.7. The maximum atomic E-state index is 13.7. The van der Waals surface area contributed by atoms with Crippen molar-refractivity contribution in [2.45, 2.75) is 117 Å². The number of carbonyl (C=O) groups is 4. The SMILES string of the molecule is CC(=O)CC[C@H](C(=O)OC(C)(C)C)N1CCN(C)CCN([C@H](CCC(=O)OCc2ccccc2)C(=O)OC(C)(C)C)Cc2cccc(n2)C1. The number of pyridine rings is 1. The van der Waals surface area contributed by atoms with Crippen LogP contribution in [0, 0.1) is 0 Å². The van der Waals surface area contributed by atoms with E-state index in [1.807, 2.05) is 102 Å². The van der Waals surface area contributed by atoms with Gasteiger partial charge < -0.3 is 23.9 Å². The molecule has 1 aliphatic rings. The number of esters is 3. The Kier molecular flexibility index (Phi) is 14.9. The second kappa shape index (κ2) is 18.4. The third-order valence-corrected chi connectivity index (χ3v) is 8.01. The van der Waals surface area contributed by atoms with Crippen molar-refractivity contribution in [2.75, 3.05) is 33.2 Å². The Balaban J connectivity index is 1.87. The normalized spacial score (nSPS) is 16.8. The van der Waals surface area contributed by atoms with Crippen molar-refractivity contribution >= 4 is 23.7 Å². The minimum Gasteiger partial charge on any atom is -0.461 e. The molecule has 0 fully saturated rings. The molecule has 11 heteroatoms. The average Bonchev–Trinajstić information content (AvgIpc) is 2.99. The zero-order valence-electron chi connectivity index (χ0n) is 30.7. The molecular weight excluding hydrogens is 624 g/mol. The number of carbonyl (C=O) groups excluding carboxylic acids is 4. The van der Waals surface area contributed by atoms with E-state index >= 15 is 0 Å². The molecule has 2 aromatic rings. The number of aromatic nitrogens is 1. The number of nitrogens with zero attached hydrogens (tertiary/aromatic N) is 4. The summed E-state index contributed by atoms with van der Waals surface area (Å²) in [6, 6.07) is 13.9. The van der Waals surface area contributed by atoms with E-state index in [1.165, 1.54) is 6.92 Å². The second-order valence-electron chi connectivity index (χ2n) is 14.9. The molecule has 0 N–H and O–H groups in total. The molecule has 2 atom stereocenters. The van der Waals surface area contributed by atoms with E-state index in [-0.39, 0.29) is 43.6 Å². The van der Waals surface area contributed by atoms with Crippen molar-refractivity contribution in [3.63, 3.8) is 0 Å². The smallest absolute Gasteiger partial charge is 0.323 e. The van der Waals surface area contributed by atoms with Gasteiger partial charge in [-0.1, -0.05) is 36.4 Å². The van der Waals surface area contributed by atoms with Gasteiger partial charge in [0.25, 0.3) is 0 Å². The van der Waals surface area contributed by atoms with E-state index < -0.39 is 29.3 Å². The number of benzene rings is 1. The van der Waals surface area contributed by atoms with Crippen LogP contribution in [-0.2, 0) is 53.1 Å². The highest BCUT2D eigenvalue weighted by Crippen LogP contribution is 2.21. The van der Waals surface area contributed by atoms with Crippen molar-refractivity contribution in [2.24, 2.45) is 0 Å². The van der Waals surface area contributed by atoms with Crippen molar-refractivity contribution < 1.29 is 33.4 Å². The molecular formula is C38H56N4O7. The van der Waals surface area contributed by atoms with Gasteiger partial charge >= 0.3 is 17.9 Å². The number of hydrogen-bond donors (Lipinski definition) is 0. The minimum atomic E-state index is -0.707. The van der Waals surface area contributed by atoms with E-state index in [0.717, 1.165) is 17.0 Å². The van der Waals surface area contributed by atoms with Crippen LogP contribution in [0.1, 0.15) is 91.1 Å². The summed E-state index contributed by atoms with van der Waals surface area (Å²) in [5.74, 6) is -1.11. The fourth-order valence-corrected chi connectivity index (χ4v) is 5.57. The molecule has 0 radical (unpaired) electrons. The Bertz CT molecular complexity index is 1390. The van der Waals surface area contributed by atoms with E-state index in [0.29, 0.717) is 45.7 Å². The van der Waals surface area contributed by atoms with Crippen molar-refractivity contribution in [1.82, 2.24) is 19.7 Å². The molecule has 1 aromatic carbocycles. The number of ether oxygens (including phenoxy) is 3. The maximum absolute atomic E-state index is 13.7. The lowest BCUT2D eigenvalue weighted by Crippen LogP contribution is -2.49. The van der Waals surface area contributed by atoms with Gasteiger partial charge in [0.1, 0.15) is 35.7 Å². The molecule has 3 rings (SSSR count). The van der Waals surface area contributed by atoms with E-state index in [2.05, 4.69) is 9.80 Å². The summed E-state index contributed by atoms with van der Waals surface area (Å²) in [6.07, 6.45) is 0.905. The predicted molar refractivity (Wildman–Crippen MR) is 187 cm³/mol. The Hall–Kier alpha value is -3.67. The first-order valence-corrected chi connectivity index (χ1v) is 17.3. The summed E-state index contributed by atoms with van der Waals surface area (Å²) >= 11 is 0. The highest BCUT2D eigenvalue weighted by molar-refractivity contribution is 5.79. The number of hydrogen-bond acceptors (Lipinski definition) is 11. The minimum absolute atomic E-state index is 0.0178. The van der Waals surface area contributed by atoms with Gasteiger partial charge in [-0.15, -0.1) is 0 Å². The number of rotatable bonds is 12. The molecule has 0 unspecified atom stereocenters. The van der Waals surface area contributed by atoms with Gasteiger partial charge in [0.05, 0.1) is 11.4 Å². The molecule has 0 spiro atoms. The monoisotopic (exact) mass is 680 g/mol. The van der Waals surface area contributed by atoms with E-state index in [9.17, 15) is 19.2 Å². The molecule has 0 aliphatic carbocycles. The third-order valence-electron chi connectivity index (χ3n) is 8.01. The first kappa shape index (κ1) is 39.8. The van der Waals surface area contributed by atoms with E-state index in [1.54, 1.807) is 0 Å². The van der Waals surface area contributed by atoms with Crippen molar-refractivity contribution in [3.8, 4) is 0 Å². The van der Waals surface area contributed by atoms with Gasteiger partial charge in [-0.05, 0) is 86.1 Å². The average molecular weight is 681 g/mol. The van der Waals surface area contributed by atoms with Gasteiger partial charge in [0.2, 0.25) is 0 Å². The fourth-order valence-electron chi connectivity index (χ4n) is 5.57.